The maximum atomic E-state index is 13.1. The molecule has 1 fully saturated rings. The molecule has 4 aromatic rings. The summed E-state index contributed by atoms with van der Waals surface area (Å²) < 4.78 is 12.2. The zero-order valence-corrected chi connectivity index (χ0v) is 21.1. The highest BCUT2D eigenvalue weighted by Gasteiger charge is 2.33. The molecular weight excluding hydrogens is 498 g/mol. The van der Waals surface area contributed by atoms with Crippen molar-refractivity contribution in [3.8, 4) is 11.5 Å². The van der Waals surface area contributed by atoms with E-state index >= 15 is 0 Å². The van der Waals surface area contributed by atoms with E-state index < -0.39 is 0 Å². The lowest BCUT2D eigenvalue weighted by molar-refractivity contribution is -0.113. The minimum absolute atomic E-state index is 0.169. The van der Waals surface area contributed by atoms with Gasteiger partial charge in [-0.25, -0.2) is 0 Å². The summed E-state index contributed by atoms with van der Waals surface area (Å²) in [5, 5.41) is 2.93. The van der Waals surface area contributed by atoms with E-state index in [9.17, 15) is 4.79 Å². The first-order valence-electron chi connectivity index (χ1n) is 10.8. The van der Waals surface area contributed by atoms with Crippen LogP contribution < -0.4 is 14.4 Å². The number of carbonyl (C=O) groups excluding carboxylic acids is 1. The Kier molecular flexibility index (Phi) is 6.77. The van der Waals surface area contributed by atoms with Crippen LogP contribution in [0.15, 0.2) is 89.8 Å². The van der Waals surface area contributed by atoms with Crippen molar-refractivity contribution in [1.82, 2.24) is 0 Å². The molecule has 0 bridgehead atoms. The number of methoxy groups -OCH3 is 1. The first-order chi connectivity index (χ1) is 17.0. The summed E-state index contributed by atoms with van der Waals surface area (Å²) in [5.41, 5.74) is 2.60. The third kappa shape index (κ3) is 4.91. The van der Waals surface area contributed by atoms with Gasteiger partial charge in [-0.2, -0.15) is 0 Å². The number of nitrogens with zero attached hydrogens (tertiary/aromatic N) is 1. The monoisotopic (exact) mass is 517 g/mol. The predicted octanol–water partition coefficient (Wildman–Crippen LogP) is 7.49. The molecule has 1 heterocycles. The summed E-state index contributed by atoms with van der Waals surface area (Å²) in [5.74, 6) is 1.05. The number of rotatable bonds is 6. The Morgan fingerprint density at radius 3 is 2.54 bits per heavy atom. The van der Waals surface area contributed by atoms with Crippen LogP contribution in [0.3, 0.4) is 0 Å². The second kappa shape index (κ2) is 10.1. The van der Waals surface area contributed by atoms with Crippen LogP contribution in [0.2, 0.25) is 5.02 Å². The van der Waals surface area contributed by atoms with Crippen LogP contribution in [-0.2, 0) is 11.4 Å². The number of amides is 1. The maximum absolute atomic E-state index is 13.1. The molecule has 35 heavy (non-hydrogen) atoms. The fraction of sp³-hybridized carbons (Fsp3) is 0.0714. The molecule has 0 aromatic heterocycles. The predicted molar refractivity (Wildman–Crippen MR) is 148 cm³/mol. The van der Waals surface area contributed by atoms with E-state index in [1.807, 2.05) is 42.5 Å². The molecule has 0 spiro atoms. The number of thiocarbonyl (C=S) groups is 1. The van der Waals surface area contributed by atoms with Gasteiger partial charge in [-0.15, -0.1) is 0 Å². The van der Waals surface area contributed by atoms with E-state index in [-0.39, 0.29) is 5.91 Å². The van der Waals surface area contributed by atoms with Gasteiger partial charge in [0.15, 0.2) is 15.8 Å². The van der Waals surface area contributed by atoms with Gasteiger partial charge in [0.05, 0.1) is 17.7 Å². The molecule has 0 saturated carbocycles. The molecule has 1 aliphatic rings. The van der Waals surface area contributed by atoms with Gasteiger partial charge in [-0.1, -0.05) is 84.1 Å². The zero-order valence-electron chi connectivity index (χ0n) is 18.7. The first kappa shape index (κ1) is 23.4. The highest BCUT2D eigenvalue weighted by molar-refractivity contribution is 8.27. The minimum Gasteiger partial charge on any atom is -0.493 e. The third-order valence-corrected chi connectivity index (χ3v) is 7.18. The molecular formula is C28H20ClNO3S2. The van der Waals surface area contributed by atoms with E-state index in [0.717, 1.165) is 16.5 Å². The van der Waals surface area contributed by atoms with Gasteiger partial charge in [0.1, 0.15) is 6.61 Å². The number of hydrogen-bond donors (Lipinski definition) is 0. The second-order valence-electron chi connectivity index (χ2n) is 7.83. The Bertz CT molecular complexity index is 1460. The molecule has 0 radical (unpaired) electrons. The van der Waals surface area contributed by atoms with Crippen LogP contribution in [0, 0.1) is 0 Å². The van der Waals surface area contributed by atoms with Gasteiger partial charge in [0, 0.05) is 5.02 Å². The number of benzene rings is 4. The van der Waals surface area contributed by atoms with Crippen LogP contribution in [0.25, 0.3) is 16.8 Å². The van der Waals surface area contributed by atoms with Crippen LogP contribution in [0.1, 0.15) is 11.1 Å². The molecule has 1 amide bonds. The molecule has 4 nitrogen and oxygen atoms in total. The molecule has 0 aliphatic carbocycles. The van der Waals surface area contributed by atoms with Crippen LogP contribution in [0.4, 0.5) is 5.69 Å². The highest BCUT2D eigenvalue weighted by atomic mass is 35.5. The SMILES string of the molecule is COc1cc(/C=C2\SC(=S)N(c3ccc(Cl)cc3)C2=O)ccc1OCc1cccc2ccccc12. The average Bonchev–Trinajstić information content (AvgIpc) is 3.16. The Morgan fingerprint density at radius 1 is 0.971 bits per heavy atom. The van der Waals surface area contributed by atoms with Crippen molar-refractivity contribution in [1.29, 1.82) is 0 Å². The normalized spacial score (nSPS) is 14.7. The fourth-order valence-corrected chi connectivity index (χ4v) is 5.32. The Hall–Kier alpha value is -3.32. The zero-order chi connectivity index (χ0) is 24.4. The van der Waals surface area contributed by atoms with Crippen molar-refractivity contribution in [2.75, 3.05) is 12.0 Å². The van der Waals surface area contributed by atoms with Crippen LogP contribution >= 0.6 is 35.6 Å². The van der Waals surface area contributed by atoms with Gasteiger partial charge >= 0.3 is 0 Å². The number of anilines is 1. The molecule has 1 aliphatic heterocycles. The van der Waals surface area contributed by atoms with Crippen molar-refractivity contribution in [2.45, 2.75) is 6.61 Å². The summed E-state index contributed by atoms with van der Waals surface area (Å²) in [7, 11) is 1.60. The lowest BCUT2D eigenvalue weighted by Crippen LogP contribution is -2.27. The Balaban J connectivity index is 1.36. The maximum Gasteiger partial charge on any atom is 0.270 e. The topological polar surface area (TPSA) is 38.8 Å². The number of fused-ring (bicyclic) bond motifs is 1. The average molecular weight is 518 g/mol. The highest BCUT2D eigenvalue weighted by Crippen LogP contribution is 2.37. The van der Waals surface area contributed by atoms with Gasteiger partial charge in [0.25, 0.3) is 5.91 Å². The van der Waals surface area contributed by atoms with Crippen molar-refractivity contribution in [3.05, 3.63) is 106 Å². The third-order valence-electron chi connectivity index (χ3n) is 5.63. The smallest absolute Gasteiger partial charge is 0.270 e. The molecule has 0 N–H and O–H groups in total. The van der Waals surface area contributed by atoms with Crippen LogP contribution in [-0.4, -0.2) is 17.3 Å². The lowest BCUT2D eigenvalue weighted by Gasteiger charge is -2.14. The van der Waals surface area contributed by atoms with Gasteiger partial charge < -0.3 is 9.47 Å². The number of ether oxygens (including phenoxy) is 2. The lowest BCUT2D eigenvalue weighted by atomic mass is 10.1. The van der Waals surface area contributed by atoms with E-state index in [0.29, 0.717) is 38.0 Å². The Labute approximate surface area is 218 Å². The van der Waals surface area contributed by atoms with E-state index in [2.05, 4.69) is 24.3 Å². The van der Waals surface area contributed by atoms with E-state index in [1.165, 1.54) is 22.0 Å². The van der Waals surface area contributed by atoms with Crippen molar-refractivity contribution in [3.63, 3.8) is 0 Å². The number of halogens is 1. The van der Waals surface area contributed by atoms with Crippen molar-refractivity contribution in [2.24, 2.45) is 0 Å². The van der Waals surface area contributed by atoms with Gasteiger partial charge in [-0.3, -0.25) is 9.69 Å². The molecule has 0 unspecified atom stereocenters. The summed E-state index contributed by atoms with van der Waals surface area (Å²) in [4.78, 5) is 15.1. The summed E-state index contributed by atoms with van der Waals surface area (Å²) >= 11 is 12.7. The van der Waals surface area contributed by atoms with Crippen molar-refractivity contribution >= 4 is 68.3 Å². The number of carbonyl (C=O) groups is 1. The molecule has 1 saturated heterocycles. The molecule has 4 aromatic carbocycles. The molecule has 5 rings (SSSR count). The summed E-state index contributed by atoms with van der Waals surface area (Å²) in [6.45, 7) is 0.414. The fourth-order valence-electron chi connectivity index (χ4n) is 3.90. The largest absolute Gasteiger partial charge is 0.493 e. The molecule has 174 valence electrons. The van der Waals surface area contributed by atoms with Gasteiger partial charge in [-0.05, 0) is 64.4 Å². The van der Waals surface area contributed by atoms with Crippen LogP contribution in [0.5, 0.6) is 11.5 Å². The standard InChI is InChI=1S/C28H20ClNO3S2/c1-32-25-15-18(16-26-27(31)30(28(34)35-26)22-12-10-21(29)11-13-22)9-14-24(25)33-17-20-7-4-6-19-5-2-3-8-23(19)20/h2-16H,17H2,1H3/b26-16-. The summed E-state index contributed by atoms with van der Waals surface area (Å²) in [6.07, 6.45) is 1.81. The minimum atomic E-state index is -0.169. The number of hydrogen-bond acceptors (Lipinski definition) is 5. The van der Waals surface area contributed by atoms with Gasteiger partial charge in [0.2, 0.25) is 0 Å². The molecule has 0 atom stereocenters. The second-order valence-corrected chi connectivity index (χ2v) is 9.94. The quantitative estimate of drug-likeness (QED) is 0.196. The first-order valence-corrected chi connectivity index (χ1v) is 12.4. The van der Waals surface area contributed by atoms with Crippen molar-refractivity contribution < 1.29 is 14.3 Å². The number of thioether (sulfide) groups is 1. The summed E-state index contributed by atoms with van der Waals surface area (Å²) in [6, 6.07) is 27.0. The Morgan fingerprint density at radius 2 is 1.74 bits per heavy atom. The molecule has 7 heteroatoms. The van der Waals surface area contributed by atoms with E-state index in [4.69, 9.17) is 33.3 Å². The van der Waals surface area contributed by atoms with E-state index in [1.54, 1.807) is 31.4 Å².